The van der Waals surface area contributed by atoms with E-state index in [1.807, 2.05) is 25.7 Å². The number of likely N-dealkylation sites (N-methyl/N-ethyl adjacent to an activating group) is 1. The number of nitrogens with one attached hydrogen (secondary N) is 2. The standard InChI is InChI=1S/C22H31BrN4O2/c1-5-27(6-2)22(29)24-14-9-15-16-7-13(12(3)28)8-18-20(16)17(21(23)25-18)10-19(15)26(4)11-14/h7-8,12,14-15,19,25,28H,5-6,9-11H2,1-4H3,(H,24,29)/t12?,14-,15?,19+/m0/s1. The summed E-state index contributed by atoms with van der Waals surface area (Å²) < 4.78 is 1.04. The summed E-state index contributed by atoms with van der Waals surface area (Å²) in [5, 5.41) is 14.8. The number of fused-ring (bicyclic) bond motifs is 2. The lowest BCUT2D eigenvalue weighted by atomic mass is 9.73. The van der Waals surface area contributed by atoms with Crippen LogP contribution in [-0.2, 0) is 6.42 Å². The number of benzene rings is 1. The Kier molecular flexibility index (Phi) is 5.66. The van der Waals surface area contributed by atoms with Crippen molar-refractivity contribution in [3.05, 3.63) is 33.4 Å². The Labute approximate surface area is 180 Å². The fourth-order valence-electron chi connectivity index (χ4n) is 5.20. The fraction of sp³-hybridized carbons (Fsp3) is 0.591. The van der Waals surface area contributed by atoms with E-state index in [4.69, 9.17) is 0 Å². The number of aromatic amines is 1. The average Bonchev–Trinajstić information content (AvgIpc) is 2.99. The molecule has 0 spiro atoms. The van der Waals surface area contributed by atoms with Gasteiger partial charge in [0.15, 0.2) is 0 Å². The lowest BCUT2D eigenvalue weighted by Gasteiger charge is -2.46. The number of aliphatic hydroxyl groups is 1. The zero-order valence-electron chi connectivity index (χ0n) is 17.6. The van der Waals surface area contributed by atoms with Gasteiger partial charge in [0, 0.05) is 48.5 Å². The minimum Gasteiger partial charge on any atom is -0.389 e. The van der Waals surface area contributed by atoms with Crippen molar-refractivity contribution in [2.75, 3.05) is 26.7 Å². The van der Waals surface area contributed by atoms with Crippen molar-refractivity contribution in [2.24, 2.45) is 0 Å². The first kappa shape index (κ1) is 20.7. The molecule has 0 saturated carbocycles. The Hall–Kier alpha value is -1.57. The van der Waals surface area contributed by atoms with Crippen molar-refractivity contribution < 1.29 is 9.90 Å². The van der Waals surface area contributed by atoms with Crippen molar-refractivity contribution in [2.45, 2.75) is 57.7 Å². The van der Waals surface area contributed by atoms with Gasteiger partial charge in [-0.1, -0.05) is 6.07 Å². The second kappa shape index (κ2) is 7.93. The molecule has 1 fully saturated rings. The van der Waals surface area contributed by atoms with Gasteiger partial charge in [0.05, 0.1) is 10.7 Å². The van der Waals surface area contributed by atoms with E-state index in [2.05, 4.69) is 50.3 Å². The number of aromatic nitrogens is 1. The number of amides is 2. The molecule has 4 rings (SSSR count). The topological polar surface area (TPSA) is 71.6 Å². The monoisotopic (exact) mass is 462 g/mol. The van der Waals surface area contributed by atoms with Crippen LogP contribution in [0.25, 0.3) is 10.9 Å². The highest BCUT2D eigenvalue weighted by atomic mass is 79.9. The van der Waals surface area contributed by atoms with Gasteiger partial charge in [0.25, 0.3) is 0 Å². The van der Waals surface area contributed by atoms with Crippen LogP contribution in [0.5, 0.6) is 0 Å². The summed E-state index contributed by atoms with van der Waals surface area (Å²) >= 11 is 3.71. The van der Waals surface area contributed by atoms with Crippen LogP contribution in [0.4, 0.5) is 4.79 Å². The number of likely N-dealkylation sites (tertiary alicyclic amines) is 1. The summed E-state index contributed by atoms with van der Waals surface area (Å²) in [5.41, 5.74) is 4.63. The Morgan fingerprint density at radius 2 is 2.14 bits per heavy atom. The molecule has 0 bridgehead atoms. The molecule has 1 aromatic heterocycles. The number of halogens is 1. The fourth-order valence-corrected chi connectivity index (χ4v) is 5.78. The summed E-state index contributed by atoms with van der Waals surface area (Å²) in [4.78, 5) is 20.3. The first-order chi connectivity index (χ1) is 13.8. The second-order valence-corrected chi connectivity index (χ2v) is 9.29. The molecule has 3 N–H and O–H groups in total. The molecule has 2 aliphatic rings. The van der Waals surface area contributed by atoms with Crippen LogP contribution in [-0.4, -0.2) is 64.7 Å². The van der Waals surface area contributed by atoms with Crippen LogP contribution in [0.2, 0.25) is 0 Å². The van der Waals surface area contributed by atoms with Gasteiger partial charge in [-0.15, -0.1) is 0 Å². The second-order valence-electron chi connectivity index (χ2n) is 8.50. The van der Waals surface area contributed by atoms with E-state index in [0.29, 0.717) is 12.0 Å². The molecule has 0 radical (unpaired) electrons. The first-order valence-corrected chi connectivity index (χ1v) is 11.4. The van der Waals surface area contributed by atoms with Crippen LogP contribution >= 0.6 is 15.9 Å². The first-order valence-electron chi connectivity index (χ1n) is 10.6. The van der Waals surface area contributed by atoms with Crippen molar-refractivity contribution in [1.29, 1.82) is 0 Å². The molecule has 4 atom stereocenters. The molecule has 1 aliphatic carbocycles. The summed E-state index contributed by atoms with van der Waals surface area (Å²) in [6.45, 7) is 8.12. The summed E-state index contributed by atoms with van der Waals surface area (Å²) in [7, 11) is 2.16. The lowest BCUT2D eigenvalue weighted by molar-refractivity contribution is 0.123. The molecule has 2 aromatic rings. The quantitative estimate of drug-likeness (QED) is 0.647. The SMILES string of the molecule is CCN(CC)C(=O)N[C@H]1CC2c3cc(C(C)O)cc4[nH]c(Br)c(c34)C[C@H]2N(C)C1. The Bertz CT molecular complexity index is 921. The van der Waals surface area contributed by atoms with Crippen LogP contribution in [0.15, 0.2) is 16.7 Å². The highest BCUT2D eigenvalue weighted by Crippen LogP contribution is 2.46. The number of urea groups is 1. The predicted molar refractivity (Wildman–Crippen MR) is 119 cm³/mol. The van der Waals surface area contributed by atoms with Crippen molar-refractivity contribution in [3.63, 3.8) is 0 Å². The maximum atomic E-state index is 12.6. The molecule has 1 aromatic carbocycles. The van der Waals surface area contributed by atoms with Gasteiger partial charge in [-0.3, -0.25) is 0 Å². The summed E-state index contributed by atoms with van der Waals surface area (Å²) in [5.74, 6) is 0.326. The summed E-state index contributed by atoms with van der Waals surface area (Å²) in [6, 6.07) is 4.77. The number of aliphatic hydroxyl groups excluding tert-OH is 1. The Morgan fingerprint density at radius 1 is 1.41 bits per heavy atom. The third-order valence-corrected chi connectivity index (χ3v) is 7.43. The molecule has 158 valence electrons. The molecule has 2 unspecified atom stereocenters. The van der Waals surface area contributed by atoms with Crippen molar-refractivity contribution in [3.8, 4) is 0 Å². The minimum absolute atomic E-state index is 0.0237. The Balaban J connectivity index is 1.70. The molecule has 2 amide bonds. The molecular formula is C22H31BrN4O2. The van der Waals surface area contributed by atoms with E-state index in [9.17, 15) is 9.90 Å². The summed E-state index contributed by atoms with van der Waals surface area (Å²) in [6.07, 6.45) is 1.39. The maximum absolute atomic E-state index is 12.6. The number of H-pyrrole nitrogens is 1. The van der Waals surface area contributed by atoms with Gasteiger partial charge in [0.1, 0.15) is 0 Å². The third kappa shape index (κ3) is 3.57. The minimum atomic E-state index is -0.513. The highest BCUT2D eigenvalue weighted by Gasteiger charge is 2.41. The number of nitrogens with zero attached hydrogens (tertiary/aromatic N) is 2. The Morgan fingerprint density at radius 3 is 2.79 bits per heavy atom. The van der Waals surface area contributed by atoms with Gasteiger partial charge >= 0.3 is 6.03 Å². The normalized spacial score (nSPS) is 25.0. The van der Waals surface area contributed by atoms with Gasteiger partial charge < -0.3 is 25.2 Å². The molecule has 1 saturated heterocycles. The lowest BCUT2D eigenvalue weighted by Crippen LogP contribution is -2.56. The smallest absolute Gasteiger partial charge is 0.317 e. The molecular weight excluding hydrogens is 432 g/mol. The number of piperidine rings is 1. The van der Waals surface area contributed by atoms with E-state index in [1.165, 1.54) is 16.5 Å². The van der Waals surface area contributed by atoms with Crippen LogP contribution < -0.4 is 5.32 Å². The molecule has 1 aliphatic heterocycles. The maximum Gasteiger partial charge on any atom is 0.317 e. The van der Waals surface area contributed by atoms with Crippen LogP contribution in [0, 0.1) is 0 Å². The van der Waals surface area contributed by atoms with Crippen molar-refractivity contribution in [1.82, 2.24) is 20.1 Å². The number of hydrogen-bond donors (Lipinski definition) is 3. The third-order valence-electron chi connectivity index (χ3n) is 6.75. The number of rotatable bonds is 4. The largest absolute Gasteiger partial charge is 0.389 e. The van der Waals surface area contributed by atoms with Crippen LogP contribution in [0.3, 0.4) is 0 Å². The number of hydrogen-bond acceptors (Lipinski definition) is 3. The van der Waals surface area contributed by atoms with Gasteiger partial charge in [-0.05, 0) is 79.3 Å². The number of carbonyl (C=O) groups excluding carboxylic acids is 1. The highest BCUT2D eigenvalue weighted by molar-refractivity contribution is 9.10. The molecule has 6 nitrogen and oxygen atoms in total. The average molecular weight is 463 g/mol. The van der Waals surface area contributed by atoms with E-state index in [-0.39, 0.29) is 12.1 Å². The zero-order chi connectivity index (χ0) is 20.9. The van der Waals surface area contributed by atoms with Gasteiger partial charge in [-0.25, -0.2) is 4.79 Å². The molecule has 7 heteroatoms. The van der Waals surface area contributed by atoms with Crippen molar-refractivity contribution >= 4 is 32.9 Å². The predicted octanol–water partition coefficient (Wildman–Crippen LogP) is 3.75. The van der Waals surface area contributed by atoms with Gasteiger partial charge in [-0.2, -0.15) is 0 Å². The van der Waals surface area contributed by atoms with Gasteiger partial charge in [0.2, 0.25) is 0 Å². The molecule has 2 heterocycles. The van der Waals surface area contributed by atoms with E-state index in [1.54, 1.807) is 0 Å². The van der Waals surface area contributed by atoms with E-state index in [0.717, 1.165) is 48.2 Å². The zero-order valence-corrected chi connectivity index (χ0v) is 19.2. The van der Waals surface area contributed by atoms with Crippen LogP contribution in [0.1, 0.15) is 55.9 Å². The number of carbonyl (C=O) groups is 1. The molecule has 29 heavy (non-hydrogen) atoms. The van der Waals surface area contributed by atoms with E-state index >= 15 is 0 Å². The van der Waals surface area contributed by atoms with E-state index < -0.39 is 6.10 Å².